The van der Waals surface area contributed by atoms with E-state index in [4.69, 9.17) is 16.3 Å². The lowest BCUT2D eigenvalue weighted by molar-refractivity contribution is -0.119. The average Bonchev–Trinajstić information content (AvgIpc) is 2.82. The number of hydrogen-bond acceptors (Lipinski definition) is 5. The number of carbonyl (C=O) groups excluding carboxylic acids is 1. The second-order valence-electron chi connectivity index (χ2n) is 8.37. The molecule has 0 radical (unpaired) electrons. The summed E-state index contributed by atoms with van der Waals surface area (Å²) in [6, 6.07) is 12.7. The van der Waals surface area contributed by atoms with Crippen molar-refractivity contribution >= 4 is 33.2 Å². The van der Waals surface area contributed by atoms with Crippen LogP contribution in [0.5, 0.6) is 5.75 Å². The van der Waals surface area contributed by atoms with Crippen molar-refractivity contribution in [3.63, 3.8) is 0 Å². The average molecular weight is 494 g/mol. The number of benzene rings is 2. The summed E-state index contributed by atoms with van der Waals surface area (Å²) in [5.41, 5.74) is 0.294. The fraction of sp³-hybridized carbons (Fsp3) is 0.458. The Balaban J connectivity index is 1.68. The predicted octanol–water partition coefficient (Wildman–Crippen LogP) is 3.78. The molecule has 0 bridgehead atoms. The highest BCUT2D eigenvalue weighted by Gasteiger charge is 2.27. The highest BCUT2D eigenvalue weighted by molar-refractivity contribution is 7.92. The SMILES string of the molecule is COc1ccc(N(CC(=O)NCCCN2CCC(C)CC2)S(=O)(=O)c2ccccc2)cc1Cl. The van der Waals surface area contributed by atoms with Gasteiger partial charge in [-0.2, -0.15) is 0 Å². The van der Waals surface area contributed by atoms with Crippen LogP contribution in [0.4, 0.5) is 5.69 Å². The van der Waals surface area contributed by atoms with Crippen molar-refractivity contribution in [2.24, 2.45) is 5.92 Å². The molecule has 1 fully saturated rings. The Morgan fingerprint density at radius 2 is 1.88 bits per heavy atom. The summed E-state index contributed by atoms with van der Waals surface area (Å²) in [6.45, 7) is 5.54. The summed E-state index contributed by atoms with van der Waals surface area (Å²) in [6.07, 6.45) is 3.24. The summed E-state index contributed by atoms with van der Waals surface area (Å²) in [7, 11) is -2.49. The molecule has 2 aromatic rings. The van der Waals surface area contributed by atoms with E-state index in [1.165, 1.54) is 38.2 Å². The van der Waals surface area contributed by atoms with Crippen LogP contribution in [0, 0.1) is 5.92 Å². The Kier molecular flexibility index (Phi) is 9.00. The van der Waals surface area contributed by atoms with Gasteiger partial charge in [-0.25, -0.2) is 8.42 Å². The molecule has 1 aliphatic rings. The Bertz CT molecular complexity index is 1030. The van der Waals surface area contributed by atoms with Gasteiger partial charge in [0.1, 0.15) is 12.3 Å². The molecule has 7 nitrogen and oxygen atoms in total. The zero-order valence-electron chi connectivity index (χ0n) is 19.2. The molecule has 1 saturated heterocycles. The van der Waals surface area contributed by atoms with Crippen LogP contribution in [-0.2, 0) is 14.8 Å². The lowest BCUT2D eigenvalue weighted by atomic mass is 9.99. The first-order chi connectivity index (χ1) is 15.8. The lowest BCUT2D eigenvalue weighted by Gasteiger charge is -2.30. The summed E-state index contributed by atoms with van der Waals surface area (Å²) < 4.78 is 33.0. The van der Waals surface area contributed by atoms with E-state index in [0.29, 0.717) is 18.0 Å². The summed E-state index contributed by atoms with van der Waals surface area (Å²) >= 11 is 6.24. The number of likely N-dealkylation sites (tertiary alicyclic amines) is 1. The second kappa shape index (κ2) is 11.7. The van der Waals surface area contributed by atoms with Crippen LogP contribution in [0.1, 0.15) is 26.2 Å². The fourth-order valence-corrected chi connectivity index (χ4v) is 5.53. The molecule has 0 aromatic heterocycles. The molecule has 33 heavy (non-hydrogen) atoms. The quantitative estimate of drug-likeness (QED) is 0.509. The molecule has 0 aliphatic carbocycles. The molecule has 0 atom stereocenters. The summed E-state index contributed by atoms with van der Waals surface area (Å²) in [5, 5.41) is 3.13. The molecule has 2 aromatic carbocycles. The Morgan fingerprint density at radius 1 is 1.18 bits per heavy atom. The van der Waals surface area contributed by atoms with Gasteiger partial charge in [-0.05, 0) is 75.1 Å². The van der Waals surface area contributed by atoms with E-state index in [1.807, 2.05) is 0 Å². The number of anilines is 1. The Labute approximate surface area is 201 Å². The monoisotopic (exact) mass is 493 g/mol. The summed E-state index contributed by atoms with van der Waals surface area (Å²) in [5.74, 6) is 0.840. The van der Waals surface area contributed by atoms with Gasteiger partial charge in [-0.1, -0.05) is 36.7 Å². The first-order valence-corrected chi connectivity index (χ1v) is 13.0. The molecule has 0 saturated carbocycles. The van der Waals surface area contributed by atoms with E-state index in [9.17, 15) is 13.2 Å². The predicted molar refractivity (Wildman–Crippen MR) is 131 cm³/mol. The number of nitrogens with one attached hydrogen (secondary N) is 1. The van der Waals surface area contributed by atoms with Gasteiger partial charge in [0.05, 0.1) is 22.7 Å². The van der Waals surface area contributed by atoms with Gasteiger partial charge in [-0.15, -0.1) is 0 Å². The molecular weight excluding hydrogens is 462 g/mol. The first-order valence-electron chi connectivity index (χ1n) is 11.2. The number of piperidine rings is 1. The van der Waals surface area contributed by atoms with E-state index in [1.54, 1.807) is 30.3 Å². The van der Waals surface area contributed by atoms with Crippen molar-refractivity contribution in [2.75, 3.05) is 44.1 Å². The minimum atomic E-state index is -3.97. The van der Waals surface area contributed by atoms with Crippen molar-refractivity contribution < 1.29 is 17.9 Å². The molecule has 1 N–H and O–H groups in total. The minimum Gasteiger partial charge on any atom is -0.495 e. The normalized spacial score (nSPS) is 15.2. The van der Waals surface area contributed by atoms with E-state index >= 15 is 0 Å². The molecule has 0 spiro atoms. The van der Waals surface area contributed by atoms with Crippen LogP contribution in [0.25, 0.3) is 0 Å². The molecular formula is C24H32ClN3O4S. The molecule has 180 valence electrons. The van der Waals surface area contributed by atoms with Gasteiger partial charge in [0, 0.05) is 6.54 Å². The van der Waals surface area contributed by atoms with E-state index in [2.05, 4.69) is 17.1 Å². The van der Waals surface area contributed by atoms with Gasteiger partial charge in [-0.3, -0.25) is 9.10 Å². The first kappa shape index (κ1) is 25.3. The van der Waals surface area contributed by atoms with Gasteiger partial charge >= 0.3 is 0 Å². The van der Waals surface area contributed by atoms with Crippen molar-refractivity contribution in [3.05, 3.63) is 53.6 Å². The molecule has 1 aliphatic heterocycles. The Morgan fingerprint density at radius 3 is 2.52 bits per heavy atom. The third-order valence-corrected chi connectivity index (χ3v) is 7.97. The molecule has 3 rings (SSSR count). The lowest BCUT2D eigenvalue weighted by Crippen LogP contribution is -2.42. The van der Waals surface area contributed by atoms with Crippen molar-refractivity contribution in [1.82, 2.24) is 10.2 Å². The van der Waals surface area contributed by atoms with Crippen LogP contribution in [-0.4, -0.2) is 59.1 Å². The smallest absolute Gasteiger partial charge is 0.264 e. The van der Waals surface area contributed by atoms with Crippen molar-refractivity contribution in [3.8, 4) is 5.75 Å². The Hall–Kier alpha value is -2.29. The molecule has 1 amide bonds. The largest absolute Gasteiger partial charge is 0.495 e. The third kappa shape index (κ3) is 6.85. The molecule has 1 heterocycles. The van der Waals surface area contributed by atoms with Crippen LogP contribution < -0.4 is 14.4 Å². The highest BCUT2D eigenvalue weighted by atomic mass is 35.5. The number of methoxy groups -OCH3 is 1. The second-order valence-corrected chi connectivity index (χ2v) is 10.6. The number of hydrogen-bond donors (Lipinski definition) is 1. The van der Waals surface area contributed by atoms with E-state index < -0.39 is 10.0 Å². The number of ether oxygens (including phenoxy) is 1. The minimum absolute atomic E-state index is 0.101. The number of rotatable bonds is 10. The van der Waals surface area contributed by atoms with Crippen LogP contribution in [0.15, 0.2) is 53.4 Å². The fourth-order valence-electron chi connectivity index (χ4n) is 3.85. The van der Waals surface area contributed by atoms with Gasteiger partial charge < -0.3 is 15.0 Å². The maximum absolute atomic E-state index is 13.4. The number of carbonyl (C=O) groups is 1. The highest BCUT2D eigenvalue weighted by Crippen LogP contribution is 2.31. The van der Waals surface area contributed by atoms with Crippen molar-refractivity contribution in [1.29, 1.82) is 0 Å². The topological polar surface area (TPSA) is 79.0 Å². The summed E-state index contributed by atoms with van der Waals surface area (Å²) in [4.78, 5) is 15.2. The molecule has 0 unspecified atom stereocenters. The zero-order chi connectivity index (χ0) is 23.8. The zero-order valence-corrected chi connectivity index (χ0v) is 20.7. The van der Waals surface area contributed by atoms with Gasteiger partial charge in [0.15, 0.2) is 0 Å². The van der Waals surface area contributed by atoms with E-state index in [-0.39, 0.29) is 22.4 Å². The number of sulfonamides is 1. The van der Waals surface area contributed by atoms with Gasteiger partial charge in [0.2, 0.25) is 5.91 Å². The number of nitrogens with zero attached hydrogens (tertiary/aromatic N) is 2. The van der Waals surface area contributed by atoms with Crippen molar-refractivity contribution in [2.45, 2.75) is 31.1 Å². The van der Waals surface area contributed by atoms with Crippen LogP contribution >= 0.6 is 11.6 Å². The van der Waals surface area contributed by atoms with Crippen LogP contribution in [0.2, 0.25) is 5.02 Å². The van der Waals surface area contributed by atoms with Gasteiger partial charge in [0.25, 0.3) is 10.0 Å². The maximum Gasteiger partial charge on any atom is 0.264 e. The standard InChI is InChI=1S/C24H32ClN3O4S/c1-19-11-15-27(16-12-19)14-6-13-26-24(29)18-28(20-9-10-23(32-2)22(25)17-20)33(30,31)21-7-4-3-5-8-21/h3-5,7-10,17,19H,6,11-16,18H2,1-2H3,(H,26,29). The molecule has 9 heteroatoms. The van der Waals surface area contributed by atoms with E-state index in [0.717, 1.165) is 36.3 Å². The maximum atomic E-state index is 13.4. The number of amides is 1. The van der Waals surface area contributed by atoms with Crippen LogP contribution in [0.3, 0.4) is 0 Å². The number of halogens is 1. The third-order valence-electron chi connectivity index (χ3n) is 5.89.